The number of rotatable bonds is 6. The standard InChI is InChI=1S/C15H16ClNO4S2/c1-3-17(23(19,20)14-6-5-9-22-14)11-7-8-12(13(16)10-11)15(18)21-4-2/h5-10H,3-4H2,1-2H3. The molecule has 0 bridgehead atoms. The molecule has 5 nitrogen and oxygen atoms in total. The Morgan fingerprint density at radius 2 is 2.04 bits per heavy atom. The van der Waals surface area contributed by atoms with Crippen molar-refractivity contribution in [2.75, 3.05) is 17.5 Å². The van der Waals surface area contributed by atoms with Crippen LogP contribution in [0.5, 0.6) is 0 Å². The molecule has 124 valence electrons. The molecule has 2 aromatic rings. The van der Waals surface area contributed by atoms with E-state index in [1.807, 2.05) is 0 Å². The van der Waals surface area contributed by atoms with E-state index < -0.39 is 16.0 Å². The number of hydrogen-bond donors (Lipinski definition) is 0. The van der Waals surface area contributed by atoms with E-state index >= 15 is 0 Å². The molecule has 23 heavy (non-hydrogen) atoms. The Kier molecular flexibility index (Phi) is 5.67. The number of anilines is 1. The van der Waals surface area contributed by atoms with Crippen LogP contribution in [0.1, 0.15) is 24.2 Å². The van der Waals surface area contributed by atoms with Gasteiger partial charge in [0, 0.05) is 6.54 Å². The second-order valence-corrected chi connectivity index (χ2v) is 7.93. The Morgan fingerprint density at radius 1 is 1.30 bits per heavy atom. The average molecular weight is 374 g/mol. The first-order valence-electron chi connectivity index (χ1n) is 6.94. The van der Waals surface area contributed by atoms with Crippen LogP contribution < -0.4 is 4.31 Å². The van der Waals surface area contributed by atoms with Crippen LogP contribution in [-0.4, -0.2) is 27.5 Å². The average Bonchev–Trinajstić information content (AvgIpc) is 3.03. The van der Waals surface area contributed by atoms with Gasteiger partial charge in [0.15, 0.2) is 0 Å². The highest BCUT2D eigenvalue weighted by Crippen LogP contribution is 2.30. The number of ether oxygens (including phenoxy) is 1. The summed E-state index contributed by atoms with van der Waals surface area (Å²) in [7, 11) is -3.64. The van der Waals surface area contributed by atoms with Gasteiger partial charge in [-0.1, -0.05) is 17.7 Å². The summed E-state index contributed by atoms with van der Waals surface area (Å²) in [6.07, 6.45) is 0. The number of esters is 1. The van der Waals surface area contributed by atoms with Crippen molar-refractivity contribution in [3.63, 3.8) is 0 Å². The molecule has 0 radical (unpaired) electrons. The Labute approximate surface area is 144 Å². The Bertz CT molecular complexity index is 788. The number of carbonyl (C=O) groups excluding carboxylic acids is 1. The summed E-state index contributed by atoms with van der Waals surface area (Å²) in [4.78, 5) is 11.8. The van der Waals surface area contributed by atoms with E-state index in [9.17, 15) is 13.2 Å². The summed E-state index contributed by atoms with van der Waals surface area (Å²) in [6, 6.07) is 7.72. The third-order valence-electron chi connectivity index (χ3n) is 3.06. The van der Waals surface area contributed by atoms with E-state index in [-0.39, 0.29) is 27.9 Å². The van der Waals surface area contributed by atoms with Crippen LogP contribution in [0.4, 0.5) is 5.69 Å². The molecule has 0 fully saturated rings. The zero-order chi connectivity index (χ0) is 17.0. The summed E-state index contributed by atoms with van der Waals surface area (Å²) < 4.78 is 31.7. The van der Waals surface area contributed by atoms with Crippen LogP contribution >= 0.6 is 22.9 Å². The second kappa shape index (κ2) is 7.33. The van der Waals surface area contributed by atoms with E-state index in [4.69, 9.17) is 16.3 Å². The van der Waals surface area contributed by atoms with Gasteiger partial charge in [0.25, 0.3) is 10.0 Å². The van der Waals surface area contributed by atoms with Gasteiger partial charge in [0.1, 0.15) is 4.21 Å². The Balaban J connectivity index is 2.40. The van der Waals surface area contributed by atoms with Gasteiger partial charge < -0.3 is 4.74 Å². The van der Waals surface area contributed by atoms with Crippen LogP contribution in [-0.2, 0) is 14.8 Å². The zero-order valence-corrected chi connectivity index (χ0v) is 15.0. The number of benzene rings is 1. The maximum absolute atomic E-state index is 12.7. The number of sulfonamides is 1. The SMILES string of the molecule is CCOC(=O)c1ccc(N(CC)S(=O)(=O)c2cccs2)cc1Cl. The fourth-order valence-corrected chi connectivity index (χ4v) is 4.87. The lowest BCUT2D eigenvalue weighted by atomic mass is 10.2. The molecule has 0 saturated heterocycles. The van der Waals surface area contributed by atoms with Gasteiger partial charge in [0.05, 0.1) is 22.9 Å². The molecule has 0 aliphatic rings. The van der Waals surface area contributed by atoms with Crippen molar-refractivity contribution in [2.24, 2.45) is 0 Å². The normalized spacial score (nSPS) is 11.3. The largest absolute Gasteiger partial charge is 0.462 e. The van der Waals surface area contributed by atoms with Crippen molar-refractivity contribution in [1.29, 1.82) is 0 Å². The van der Waals surface area contributed by atoms with E-state index in [0.29, 0.717) is 5.69 Å². The van der Waals surface area contributed by atoms with Crippen molar-refractivity contribution in [3.8, 4) is 0 Å². The topological polar surface area (TPSA) is 63.7 Å². The van der Waals surface area contributed by atoms with Gasteiger partial charge in [-0.3, -0.25) is 4.31 Å². The first-order valence-corrected chi connectivity index (χ1v) is 9.64. The molecule has 0 saturated carbocycles. The first kappa shape index (κ1) is 17.8. The molecule has 1 aromatic heterocycles. The molecule has 0 unspecified atom stereocenters. The van der Waals surface area contributed by atoms with Crippen molar-refractivity contribution >= 4 is 44.6 Å². The third kappa shape index (κ3) is 3.68. The molecule has 0 aliphatic carbocycles. The summed E-state index contributed by atoms with van der Waals surface area (Å²) in [5.74, 6) is -0.534. The minimum absolute atomic E-state index is 0.153. The summed E-state index contributed by atoms with van der Waals surface area (Å²) in [5, 5.41) is 1.86. The maximum atomic E-state index is 12.7. The number of thiophene rings is 1. The zero-order valence-electron chi connectivity index (χ0n) is 12.7. The lowest BCUT2D eigenvalue weighted by Crippen LogP contribution is -2.30. The van der Waals surface area contributed by atoms with Crippen molar-refractivity contribution < 1.29 is 17.9 Å². The molecule has 0 atom stereocenters. The molecular formula is C15H16ClNO4S2. The number of carbonyl (C=O) groups is 1. The van der Waals surface area contributed by atoms with E-state index in [1.165, 1.54) is 16.4 Å². The third-order valence-corrected chi connectivity index (χ3v) is 6.65. The monoisotopic (exact) mass is 373 g/mol. The quantitative estimate of drug-likeness (QED) is 0.722. The second-order valence-electron chi connectivity index (χ2n) is 4.49. The van der Waals surface area contributed by atoms with Gasteiger partial charge in [0.2, 0.25) is 0 Å². The van der Waals surface area contributed by atoms with Crippen LogP contribution in [0.25, 0.3) is 0 Å². The summed E-state index contributed by atoms with van der Waals surface area (Å²) in [6.45, 7) is 3.92. The van der Waals surface area contributed by atoms with Gasteiger partial charge in [-0.05, 0) is 43.5 Å². The molecule has 2 rings (SSSR count). The van der Waals surface area contributed by atoms with E-state index in [2.05, 4.69) is 0 Å². The number of nitrogens with zero attached hydrogens (tertiary/aromatic N) is 1. The van der Waals surface area contributed by atoms with Gasteiger partial charge >= 0.3 is 5.97 Å². The minimum Gasteiger partial charge on any atom is -0.462 e. The minimum atomic E-state index is -3.64. The van der Waals surface area contributed by atoms with Crippen LogP contribution in [0.3, 0.4) is 0 Å². The highest BCUT2D eigenvalue weighted by molar-refractivity contribution is 7.94. The van der Waals surface area contributed by atoms with Crippen LogP contribution in [0.15, 0.2) is 39.9 Å². The Morgan fingerprint density at radius 3 is 2.57 bits per heavy atom. The van der Waals surface area contributed by atoms with Gasteiger partial charge in [-0.2, -0.15) is 0 Å². The van der Waals surface area contributed by atoms with Crippen molar-refractivity contribution in [1.82, 2.24) is 0 Å². The molecule has 1 heterocycles. The molecule has 0 amide bonds. The molecule has 0 N–H and O–H groups in total. The summed E-state index contributed by atoms with van der Waals surface area (Å²) in [5.41, 5.74) is 0.612. The highest BCUT2D eigenvalue weighted by atomic mass is 35.5. The van der Waals surface area contributed by atoms with Crippen LogP contribution in [0, 0.1) is 0 Å². The van der Waals surface area contributed by atoms with Crippen molar-refractivity contribution in [2.45, 2.75) is 18.1 Å². The lowest BCUT2D eigenvalue weighted by Gasteiger charge is -2.22. The number of hydrogen-bond acceptors (Lipinski definition) is 5. The maximum Gasteiger partial charge on any atom is 0.339 e. The molecular weight excluding hydrogens is 358 g/mol. The van der Waals surface area contributed by atoms with Gasteiger partial charge in [-0.15, -0.1) is 11.3 Å². The van der Waals surface area contributed by atoms with E-state index in [0.717, 1.165) is 11.3 Å². The van der Waals surface area contributed by atoms with Crippen LogP contribution in [0.2, 0.25) is 5.02 Å². The van der Waals surface area contributed by atoms with E-state index in [1.54, 1.807) is 37.4 Å². The summed E-state index contributed by atoms with van der Waals surface area (Å²) >= 11 is 7.27. The molecule has 0 spiro atoms. The fourth-order valence-electron chi connectivity index (χ4n) is 2.04. The predicted molar refractivity (Wildman–Crippen MR) is 91.9 cm³/mol. The fraction of sp³-hybridized carbons (Fsp3) is 0.267. The molecule has 0 aliphatic heterocycles. The molecule has 1 aromatic carbocycles. The van der Waals surface area contributed by atoms with Crippen molar-refractivity contribution in [3.05, 3.63) is 46.3 Å². The lowest BCUT2D eigenvalue weighted by molar-refractivity contribution is 0.0526. The highest BCUT2D eigenvalue weighted by Gasteiger charge is 2.25. The predicted octanol–water partition coefficient (Wildman–Crippen LogP) is 3.79. The molecule has 8 heteroatoms. The first-order chi connectivity index (χ1) is 10.9. The van der Waals surface area contributed by atoms with Gasteiger partial charge in [-0.25, -0.2) is 13.2 Å². The number of halogens is 1. The Hall–Kier alpha value is -1.57. The smallest absolute Gasteiger partial charge is 0.339 e.